The van der Waals surface area contributed by atoms with E-state index in [2.05, 4.69) is 56.6 Å². The number of primary amides is 1. The largest absolute Gasteiger partial charge is 0.351 e. The van der Waals surface area contributed by atoms with E-state index in [0.717, 1.165) is 88.0 Å². The van der Waals surface area contributed by atoms with Crippen molar-refractivity contribution in [2.45, 2.75) is 83.3 Å². The van der Waals surface area contributed by atoms with E-state index in [1.165, 1.54) is 22.4 Å². The molecule has 1 aromatic carbocycles. The lowest BCUT2D eigenvalue weighted by Gasteiger charge is -2.47. The van der Waals surface area contributed by atoms with Crippen molar-refractivity contribution in [3.63, 3.8) is 0 Å². The summed E-state index contributed by atoms with van der Waals surface area (Å²) in [5.74, 6) is 0.607. The Kier molecular flexibility index (Phi) is 11.2. The summed E-state index contributed by atoms with van der Waals surface area (Å²) >= 11 is 10.0. The Labute approximate surface area is 270 Å². The van der Waals surface area contributed by atoms with Crippen molar-refractivity contribution in [1.82, 2.24) is 19.6 Å². The zero-order chi connectivity index (χ0) is 30.5. The molecule has 0 aromatic heterocycles. The second-order valence-electron chi connectivity index (χ2n) is 12.7. The van der Waals surface area contributed by atoms with Crippen molar-refractivity contribution in [2.75, 3.05) is 51.1 Å². The highest BCUT2D eigenvalue weighted by molar-refractivity contribution is 9.09. The lowest BCUT2D eigenvalue weighted by molar-refractivity contribution is -0.137. The number of halogens is 2. The SMILES string of the molecule is CCC1=C(N=CCBr)C(N2CCC(N3CCN(C(=O)CC4CCN(C(N)=O)CC4)C(C)C3)CC2)c2ccc(Cl)cc2CC1. The van der Waals surface area contributed by atoms with Crippen LogP contribution in [0.25, 0.3) is 0 Å². The van der Waals surface area contributed by atoms with E-state index in [-0.39, 0.29) is 24.0 Å². The molecule has 3 heterocycles. The second kappa shape index (κ2) is 14.9. The van der Waals surface area contributed by atoms with Gasteiger partial charge in [-0.15, -0.1) is 0 Å². The molecule has 3 aliphatic heterocycles. The smallest absolute Gasteiger partial charge is 0.314 e. The van der Waals surface area contributed by atoms with Gasteiger partial charge < -0.3 is 15.5 Å². The number of nitrogens with two attached hydrogens (primary N) is 1. The number of nitrogens with zero attached hydrogens (tertiary/aromatic N) is 5. The third-order valence-corrected chi connectivity index (χ3v) is 10.7. The van der Waals surface area contributed by atoms with Gasteiger partial charge in [0.1, 0.15) is 0 Å². The molecule has 3 fully saturated rings. The minimum absolute atomic E-state index is 0.157. The zero-order valence-electron chi connectivity index (χ0n) is 25.8. The standard InChI is InChI=1S/C33H48BrClN6O2/c1-3-25-4-5-26-21-27(35)6-7-29(26)32(31(25)37-13-12-34)38-16-10-28(11-17-38)40-18-19-41(23(2)22-40)30(42)20-24-8-14-39(15-9-24)33(36)43/h6-7,13,21,23-24,28,32H,3-5,8-12,14-20,22H2,1-2H3,(H2,36,43). The van der Waals surface area contributed by atoms with Crippen LogP contribution in [0.15, 0.2) is 34.5 Å². The van der Waals surface area contributed by atoms with E-state index in [9.17, 15) is 9.59 Å². The zero-order valence-corrected chi connectivity index (χ0v) is 28.2. The van der Waals surface area contributed by atoms with Gasteiger partial charge in [-0.3, -0.25) is 19.6 Å². The summed E-state index contributed by atoms with van der Waals surface area (Å²) in [6.07, 6.45) is 9.58. The van der Waals surface area contributed by atoms with E-state index in [1.54, 1.807) is 4.90 Å². The number of carbonyl (C=O) groups is 2. The van der Waals surface area contributed by atoms with Crippen LogP contribution in [0, 0.1) is 5.92 Å². The molecule has 2 atom stereocenters. The number of likely N-dealkylation sites (tertiary alicyclic amines) is 2. The molecule has 4 aliphatic rings. The number of piperazine rings is 1. The van der Waals surface area contributed by atoms with Crippen LogP contribution in [-0.4, -0.2) is 101 Å². The maximum Gasteiger partial charge on any atom is 0.314 e. The van der Waals surface area contributed by atoms with Gasteiger partial charge in [0.25, 0.3) is 0 Å². The minimum atomic E-state index is -0.352. The van der Waals surface area contributed by atoms with Crippen LogP contribution in [0.4, 0.5) is 4.79 Å². The van der Waals surface area contributed by atoms with E-state index >= 15 is 0 Å². The van der Waals surface area contributed by atoms with Crippen molar-refractivity contribution in [3.05, 3.63) is 45.6 Å². The summed E-state index contributed by atoms with van der Waals surface area (Å²) in [6, 6.07) is 6.98. The lowest BCUT2D eigenvalue weighted by atomic mass is 9.92. The number of aryl methyl sites for hydroxylation is 1. The summed E-state index contributed by atoms with van der Waals surface area (Å²) < 4.78 is 0. The molecule has 0 saturated carbocycles. The summed E-state index contributed by atoms with van der Waals surface area (Å²) in [6.45, 7) is 10.5. The van der Waals surface area contributed by atoms with Gasteiger partial charge >= 0.3 is 6.03 Å². The topological polar surface area (TPSA) is 85.5 Å². The first-order valence-corrected chi connectivity index (χ1v) is 17.7. The van der Waals surface area contributed by atoms with E-state index in [1.807, 2.05) is 12.3 Å². The van der Waals surface area contributed by atoms with Gasteiger partial charge in [-0.1, -0.05) is 40.5 Å². The number of rotatable bonds is 7. The average Bonchev–Trinajstić information content (AvgIpc) is 3.16. The van der Waals surface area contributed by atoms with Crippen molar-refractivity contribution in [2.24, 2.45) is 16.6 Å². The summed E-state index contributed by atoms with van der Waals surface area (Å²) in [5.41, 5.74) is 10.8. The average molecular weight is 676 g/mol. The molecule has 5 rings (SSSR count). The maximum atomic E-state index is 13.3. The predicted octanol–water partition coefficient (Wildman–Crippen LogP) is 5.64. The molecule has 8 nitrogen and oxygen atoms in total. The second-order valence-corrected chi connectivity index (χ2v) is 13.8. The number of hydrogen-bond donors (Lipinski definition) is 1. The summed E-state index contributed by atoms with van der Waals surface area (Å²) in [5, 5.41) is 1.55. The molecule has 0 radical (unpaired) electrons. The molecule has 0 spiro atoms. The fraction of sp³-hybridized carbons (Fsp3) is 0.667. The molecule has 236 valence electrons. The van der Waals surface area contributed by atoms with E-state index in [4.69, 9.17) is 22.3 Å². The van der Waals surface area contributed by atoms with Crippen LogP contribution < -0.4 is 5.73 Å². The molecule has 43 heavy (non-hydrogen) atoms. The summed E-state index contributed by atoms with van der Waals surface area (Å²) in [7, 11) is 0. The quantitative estimate of drug-likeness (QED) is 0.300. The van der Waals surface area contributed by atoms with Crippen LogP contribution in [0.3, 0.4) is 0 Å². The first-order valence-electron chi connectivity index (χ1n) is 16.2. The first kappa shape index (κ1) is 32.5. The number of piperidine rings is 2. The number of allylic oxidation sites excluding steroid dienone is 1. The van der Waals surface area contributed by atoms with Crippen molar-refractivity contribution in [1.29, 1.82) is 0 Å². The molecular weight excluding hydrogens is 628 g/mol. The third kappa shape index (κ3) is 7.66. The highest BCUT2D eigenvalue weighted by atomic mass is 79.9. The number of fused-ring (bicyclic) bond motifs is 1. The van der Waals surface area contributed by atoms with Gasteiger partial charge in [-0.2, -0.15) is 0 Å². The molecule has 10 heteroatoms. The molecule has 1 aliphatic carbocycles. The molecular formula is C33H48BrClN6O2. The highest BCUT2D eigenvalue weighted by Gasteiger charge is 2.37. The van der Waals surface area contributed by atoms with Gasteiger partial charge in [0.15, 0.2) is 0 Å². The lowest BCUT2D eigenvalue weighted by Crippen LogP contribution is -2.58. The fourth-order valence-corrected chi connectivity index (χ4v) is 8.09. The molecule has 0 bridgehead atoms. The van der Waals surface area contributed by atoms with Crippen molar-refractivity contribution < 1.29 is 9.59 Å². The van der Waals surface area contributed by atoms with E-state index in [0.29, 0.717) is 31.5 Å². The van der Waals surface area contributed by atoms with E-state index < -0.39 is 0 Å². The molecule has 2 unspecified atom stereocenters. The van der Waals surface area contributed by atoms with Crippen molar-refractivity contribution >= 4 is 45.7 Å². The number of hydrogen-bond acceptors (Lipinski definition) is 5. The van der Waals surface area contributed by atoms with Gasteiger partial charge in [-0.25, -0.2) is 4.79 Å². The Hall–Kier alpha value is -1.94. The number of aliphatic imine (C=N–C) groups is 1. The molecule has 1 aromatic rings. The Morgan fingerprint density at radius 1 is 1.05 bits per heavy atom. The summed E-state index contributed by atoms with van der Waals surface area (Å²) in [4.78, 5) is 38.8. The van der Waals surface area contributed by atoms with Gasteiger partial charge in [0.2, 0.25) is 5.91 Å². The van der Waals surface area contributed by atoms with Gasteiger partial charge in [0, 0.05) is 80.9 Å². The fourth-order valence-electron chi connectivity index (χ4n) is 7.75. The number of alkyl halides is 1. The van der Waals surface area contributed by atoms with Crippen LogP contribution in [0.2, 0.25) is 5.02 Å². The van der Waals surface area contributed by atoms with Crippen LogP contribution in [-0.2, 0) is 11.2 Å². The molecule has 2 N–H and O–H groups in total. The monoisotopic (exact) mass is 674 g/mol. The Bertz CT molecular complexity index is 1210. The Balaban J connectivity index is 1.20. The molecule has 3 amide bonds. The number of amides is 3. The van der Waals surface area contributed by atoms with Gasteiger partial charge in [-0.05, 0) is 86.6 Å². The predicted molar refractivity (Wildman–Crippen MR) is 178 cm³/mol. The Morgan fingerprint density at radius 2 is 1.79 bits per heavy atom. The Morgan fingerprint density at radius 3 is 2.44 bits per heavy atom. The normalized spacial score (nSPS) is 25.3. The van der Waals surface area contributed by atoms with Crippen LogP contribution in [0.5, 0.6) is 0 Å². The number of benzene rings is 1. The molecule has 3 saturated heterocycles. The number of urea groups is 1. The number of carbonyl (C=O) groups excluding carboxylic acids is 2. The van der Waals surface area contributed by atoms with Crippen LogP contribution in [0.1, 0.15) is 76.0 Å². The van der Waals surface area contributed by atoms with Crippen LogP contribution >= 0.6 is 27.5 Å². The minimum Gasteiger partial charge on any atom is -0.351 e. The third-order valence-electron chi connectivity index (χ3n) is 10.2. The maximum absolute atomic E-state index is 13.3. The van der Waals surface area contributed by atoms with Gasteiger partial charge in [0.05, 0.1) is 11.7 Å². The van der Waals surface area contributed by atoms with Crippen molar-refractivity contribution in [3.8, 4) is 0 Å². The highest BCUT2D eigenvalue weighted by Crippen LogP contribution is 2.41. The first-order chi connectivity index (χ1) is 20.8.